The predicted octanol–water partition coefficient (Wildman–Crippen LogP) is 4.98. The van der Waals surface area contributed by atoms with Crippen molar-refractivity contribution >= 4 is 21.8 Å². The molecule has 4 nitrogen and oxygen atoms in total. The van der Waals surface area contributed by atoms with E-state index in [9.17, 15) is 21.6 Å². The molecule has 158 valence electrons. The second-order valence-corrected chi connectivity index (χ2v) is 10.1. The lowest BCUT2D eigenvalue weighted by Crippen LogP contribution is -2.40. The van der Waals surface area contributed by atoms with Crippen molar-refractivity contribution in [1.29, 1.82) is 0 Å². The van der Waals surface area contributed by atoms with Crippen molar-refractivity contribution in [2.45, 2.75) is 55.0 Å². The van der Waals surface area contributed by atoms with Crippen LogP contribution in [0.15, 0.2) is 47.4 Å². The average molecular weight is 446 g/mol. The van der Waals surface area contributed by atoms with Crippen LogP contribution in [0.2, 0.25) is 0 Å². The minimum absolute atomic E-state index is 0.0727. The van der Waals surface area contributed by atoms with Gasteiger partial charge in [-0.3, -0.25) is 0 Å². The lowest BCUT2D eigenvalue weighted by molar-refractivity contribution is -0.0450. The van der Waals surface area contributed by atoms with Crippen LogP contribution in [0.4, 0.5) is 13.2 Å². The molecule has 0 spiro atoms. The molecule has 0 aromatic heterocycles. The van der Waals surface area contributed by atoms with Crippen LogP contribution in [0.3, 0.4) is 0 Å². The Hall–Kier alpha value is -1.71. The monoisotopic (exact) mass is 445 g/mol. The lowest BCUT2D eigenvalue weighted by atomic mass is 10.1. The normalized spacial score (nSPS) is 19.4. The van der Waals surface area contributed by atoms with Crippen molar-refractivity contribution in [3.63, 3.8) is 0 Å². The summed E-state index contributed by atoms with van der Waals surface area (Å²) >= 11 is 1.34. The quantitative estimate of drug-likeness (QED) is 0.681. The van der Waals surface area contributed by atoms with Gasteiger partial charge in [0.25, 0.3) is 0 Å². The van der Waals surface area contributed by atoms with Gasteiger partial charge in [-0.15, -0.1) is 11.8 Å². The fourth-order valence-electron chi connectivity index (χ4n) is 3.32. The summed E-state index contributed by atoms with van der Waals surface area (Å²) in [5, 5.41) is -0.444. The summed E-state index contributed by atoms with van der Waals surface area (Å²) in [5.74, 6) is 0.637. The zero-order valence-electron chi connectivity index (χ0n) is 16.2. The molecule has 1 N–H and O–H groups in total. The minimum atomic E-state index is -5.48. The Balaban J connectivity index is 1.97. The van der Waals surface area contributed by atoms with E-state index in [4.69, 9.17) is 4.74 Å². The number of aryl methyl sites for hydroxylation is 1. The van der Waals surface area contributed by atoms with E-state index in [2.05, 4.69) is 0 Å². The Bertz CT molecular complexity index is 991. The molecular formula is C20H22F3NO3S2. The van der Waals surface area contributed by atoms with E-state index in [0.29, 0.717) is 17.7 Å². The minimum Gasteiger partial charge on any atom is -0.490 e. The maximum Gasteiger partial charge on any atom is 0.511 e. The van der Waals surface area contributed by atoms with Crippen molar-refractivity contribution < 1.29 is 26.3 Å². The molecule has 2 aromatic carbocycles. The number of thioether (sulfide) groups is 1. The summed E-state index contributed by atoms with van der Waals surface area (Å²) in [5.41, 5.74) is -3.05. The molecule has 29 heavy (non-hydrogen) atoms. The molecule has 0 fully saturated rings. The fraction of sp³-hybridized carbons (Fsp3) is 0.400. The number of halogens is 3. The van der Waals surface area contributed by atoms with Gasteiger partial charge in [0.05, 0.1) is 17.0 Å². The van der Waals surface area contributed by atoms with Crippen molar-refractivity contribution in [3.05, 3.63) is 59.2 Å². The molecule has 0 heterocycles. The van der Waals surface area contributed by atoms with Crippen molar-refractivity contribution in [3.8, 4) is 5.75 Å². The number of nitrogens with one attached hydrogen (secondary N) is 1. The van der Waals surface area contributed by atoms with Gasteiger partial charge in [0, 0.05) is 5.25 Å². The standard InChI is InChI=1S/C20H22F3NO3S2/c1-12(2)27-16-10-6-7-13(3)19(16)28-17-11-14-8-4-5-9-15(14)18(17)24-29(25,26)20(21,22)23/h4-10,12,17-18,24H,11H2,1-3H3/t17-,18-/m0/s1. The van der Waals surface area contributed by atoms with Gasteiger partial charge in [0.2, 0.25) is 0 Å². The highest BCUT2D eigenvalue weighted by atomic mass is 32.2. The number of alkyl halides is 3. The molecule has 0 saturated heterocycles. The Morgan fingerprint density at radius 3 is 2.48 bits per heavy atom. The molecule has 0 radical (unpaired) electrons. The average Bonchev–Trinajstić information content (AvgIpc) is 2.93. The third-order valence-corrected chi connectivity index (χ3v) is 7.25. The SMILES string of the molecule is Cc1cccc(OC(C)C)c1S[C@H]1Cc2ccccc2[C@@H]1NS(=O)(=O)C(F)(F)F. The van der Waals surface area contributed by atoms with E-state index in [-0.39, 0.29) is 6.10 Å². The van der Waals surface area contributed by atoms with Crippen LogP contribution in [0.25, 0.3) is 0 Å². The third-order valence-electron chi connectivity index (χ3n) is 4.58. The molecule has 2 aromatic rings. The number of sulfonamides is 1. The topological polar surface area (TPSA) is 55.4 Å². The summed E-state index contributed by atoms with van der Waals surface area (Å²) < 4.78 is 70.4. The number of hydrogen-bond acceptors (Lipinski definition) is 4. The van der Waals surface area contributed by atoms with Gasteiger partial charge in [0.15, 0.2) is 0 Å². The van der Waals surface area contributed by atoms with E-state index < -0.39 is 26.8 Å². The van der Waals surface area contributed by atoms with Crippen LogP contribution in [-0.4, -0.2) is 25.3 Å². The number of ether oxygens (including phenoxy) is 1. The number of benzene rings is 2. The first-order chi connectivity index (χ1) is 13.5. The van der Waals surface area contributed by atoms with Crippen LogP contribution < -0.4 is 9.46 Å². The van der Waals surface area contributed by atoms with E-state index in [1.807, 2.05) is 49.8 Å². The maximum atomic E-state index is 13.0. The first kappa shape index (κ1) is 22.0. The number of rotatable bonds is 6. The maximum absolute atomic E-state index is 13.0. The van der Waals surface area contributed by atoms with E-state index in [0.717, 1.165) is 16.0 Å². The Morgan fingerprint density at radius 2 is 1.83 bits per heavy atom. The largest absolute Gasteiger partial charge is 0.511 e. The predicted molar refractivity (Wildman–Crippen MR) is 108 cm³/mol. The molecule has 2 atom stereocenters. The Morgan fingerprint density at radius 1 is 1.14 bits per heavy atom. The summed E-state index contributed by atoms with van der Waals surface area (Å²) in [6.45, 7) is 5.68. The first-order valence-corrected chi connectivity index (χ1v) is 11.4. The molecule has 1 aliphatic carbocycles. The molecular weight excluding hydrogens is 423 g/mol. The first-order valence-electron chi connectivity index (χ1n) is 9.09. The molecule has 3 rings (SSSR count). The van der Waals surface area contributed by atoms with Crippen LogP contribution in [0.5, 0.6) is 5.75 Å². The number of fused-ring (bicyclic) bond motifs is 1. The van der Waals surface area contributed by atoms with Crippen molar-refractivity contribution in [2.24, 2.45) is 0 Å². The van der Waals surface area contributed by atoms with Gasteiger partial charge in [-0.2, -0.15) is 17.9 Å². The highest BCUT2D eigenvalue weighted by Gasteiger charge is 2.49. The van der Waals surface area contributed by atoms with Gasteiger partial charge in [-0.1, -0.05) is 36.4 Å². The Kier molecular flexibility index (Phi) is 6.21. The number of hydrogen-bond donors (Lipinski definition) is 1. The highest BCUT2D eigenvalue weighted by molar-refractivity contribution is 8.00. The summed E-state index contributed by atoms with van der Waals surface area (Å²) in [4.78, 5) is 0.801. The second kappa shape index (κ2) is 8.20. The van der Waals surface area contributed by atoms with Gasteiger partial charge in [0.1, 0.15) is 5.75 Å². The molecule has 0 aliphatic heterocycles. The van der Waals surface area contributed by atoms with Crippen molar-refractivity contribution in [2.75, 3.05) is 0 Å². The van der Waals surface area contributed by atoms with E-state index >= 15 is 0 Å². The molecule has 1 aliphatic rings. The molecule has 0 saturated carbocycles. The molecule has 9 heteroatoms. The van der Waals surface area contributed by atoms with Gasteiger partial charge in [-0.05, 0) is 49.9 Å². The Labute approximate surface area is 172 Å². The van der Waals surface area contributed by atoms with E-state index in [1.165, 1.54) is 11.8 Å². The highest BCUT2D eigenvalue weighted by Crippen LogP contribution is 2.46. The molecule has 0 amide bonds. The summed E-state index contributed by atoms with van der Waals surface area (Å²) in [6, 6.07) is 11.5. The smallest absolute Gasteiger partial charge is 0.490 e. The fourth-order valence-corrected chi connectivity index (χ4v) is 5.56. The van der Waals surface area contributed by atoms with Gasteiger partial charge < -0.3 is 4.74 Å². The lowest BCUT2D eigenvalue weighted by Gasteiger charge is -2.24. The second-order valence-electron chi connectivity index (χ2n) is 7.17. The summed E-state index contributed by atoms with van der Waals surface area (Å²) in [7, 11) is -5.48. The van der Waals surface area contributed by atoms with E-state index in [1.54, 1.807) is 18.2 Å². The molecule has 0 bridgehead atoms. The van der Waals surface area contributed by atoms with Gasteiger partial charge in [-0.25, -0.2) is 8.42 Å². The van der Waals surface area contributed by atoms with Crippen LogP contribution >= 0.6 is 11.8 Å². The summed E-state index contributed by atoms with van der Waals surface area (Å²) in [6.07, 6.45) is 0.373. The third kappa shape index (κ3) is 4.73. The zero-order valence-corrected chi connectivity index (χ0v) is 17.8. The van der Waals surface area contributed by atoms with Crippen LogP contribution in [-0.2, 0) is 16.4 Å². The molecule has 0 unspecified atom stereocenters. The van der Waals surface area contributed by atoms with Gasteiger partial charge >= 0.3 is 15.5 Å². The zero-order chi connectivity index (χ0) is 21.4. The van der Waals surface area contributed by atoms with Crippen LogP contribution in [0, 0.1) is 6.92 Å². The van der Waals surface area contributed by atoms with Crippen molar-refractivity contribution in [1.82, 2.24) is 4.72 Å². The van der Waals surface area contributed by atoms with Crippen LogP contribution in [0.1, 0.15) is 36.6 Å².